The molecule has 1 unspecified atom stereocenters. The second-order valence-corrected chi connectivity index (χ2v) is 10.0. The van der Waals surface area contributed by atoms with Gasteiger partial charge in [0, 0.05) is 35.5 Å². The molecule has 31 heavy (non-hydrogen) atoms. The molecule has 2 aliphatic rings. The largest absolute Gasteiger partial charge is 0.361 e. The van der Waals surface area contributed by atoms with Gasteiger partial charge in [0.05, 0.1) is 0 Å². The molecule has 2 fully saturated rings. The van der Waals surface area contributed by atoms with E-state index in [-0.39, 0.29) is 23.8 Å². The highest BCUT2D eigenvalue weighted by Crippen LogP contribution is 2.29. The molecule has 2 aliphatic carbocycles. The lowest BCUT2D eigenvalue weighted by Gasteiger charge is -2.30. The van der Waals surface area contributed by atoms with Crippen molar-refractivity contribution in [2.75, 3.05) is 0 Å². The summed E-state index contributed by atoms with van der Waals surface area (Å²) in [6, 6.07) is 7.82. The third-order valence-electron chi connectivity index (χ3n) is 7.48. The Labute approximate surface area is 185 Å². The van der Waals surface area contributed by atoms with Gasteiger partial charge in [-0.25, -0.2) is 0 Å². The fourth-order valence-corrected chi connectivity index (χ4v) is 5.25. The summed E-state index contributed by atoms with van der Waals surface area (Å²) in [5.41, 5.74) is 2.14. The first-order valence-corrected chi connectivity index (χ1v) is 12.2. The molecule has 168 valence electrons. The Balaban J connectivity index is 1.47. The lowest BCUT2D eigenvalue weighted by atomic mass is 9.82. The van der Waals surface area contributed by atoms with E-state index in [9.17, 15) is 9.59 Å². The fourth-order valence-electron chi connectivity index (χ4n) is 5.25. The monoisotopic (exact) mass is 423 g/mol. The van der Waals surface area contributed by atoms with Crippen molar-refractivity contribution in [3.63, 3.8) is 0 Å². The second-order valence-electron chi connectivity index (χ2n) is 10.0. The number of fused-ring (bicyclic) bond motifs is 1. The van der Waals surface area contributed by atoms with E-state index in [0.29, 0.717) is 12.3 Å². The van der Waals surface area contributed by atoms with Crippen LogP contribution < -0.4 is 10.6 Å². The number of benzene rings is 1. The third-order valence-corrected chi connectivity index (χ3v) is 7.48. The summed E-state index contributed by atoms with van der Waals surface area (Å²) in [6.45, 7) is 4.54. The van der Waals surface area contributed by atoms with E-state index in [1.54, 1.807) is 0 Å². The maximum Gasteiger partial charge on any atom is 0.243 e. The van der Waals surface area contributed by atoms with Crippen molar-refractivity contribution < 1.29 is 9.59 Å². The van der Waals surface area contributed by atoms with Crippen molar-refractivity contribution in [2.45, 2.75) is 83.7 Å². The summed E-state index contributed by atoms with van der Waals surface area (Å²) in [5, 5.41) is 7.51. The maximum absolute atomic E-state index is 13.3. The highest BCUT2D eigenvalue weighted by atomic mass is 16.2. The van der Waals surface area contributed by atoms with Crippen LogP contribution in [-0.4, -0.2) is 28.9 Å². The van der Waals surface area contributed by atoms with Gasteiger partial charge < -0.3 is 15.6 Å². The third kappa shape index (κ3) is 5.50. The van der Waals surface area contributed by atoms with Crippen LogP contribution in [0.4, 0.5) is 0 Å². The number of H-pyrrole nitrogens is 1. The molecule has 5 nitrogen and oxygen atoms in total. The topological polar surface area (TPSA) is 74.0 Å². The molecule has 5 heteroatoms. The summed E-state index contributed by atoms with van der Waals surface area (Å²) in [6.07, 6.45) is 10.9. The zero-order valence-electron chi connectivity index (χ0n) is 19.0. The van der Waals surface area contributed by atoms with E-state index in [2.05, 4.69) is 35.5 Å². The van der Waals surface area contributed by atoms with E-state index in [1.807, 2.05) is 24.4 Å². The minimum Gasteiger partial charge on any atom is -0.361 e. The van der Waals surface area contributed by atoms with Crippen LogP contribution in [0.2, 0.25) is 0 Å². The zero-order valence-corrected chi connectivity index (χ0v) is 19.0. The first-order valence-electron chi connectivity index (χ1n) is 12.2. The van der Waals surface area contributed by atoms with Crippen molar-refractivity contribution >= 4 is 22.7 Å². The molecule has 0 bridgehead atoms. The van der Waals surface area contributed by atoms with Crippen LogP contribution in [0.5, 0.6) is 0 Å². The van der Waals surface area contributed by atoms with E-state index >= 15 is 0 Å². The number of aromatic nitrogens is 1. The number of hydrogen-bond acceptors (Lipinski definition) is 2. The highest BCUT2D eigenvalue weighted by molar-refractivity contribution is 5.90. The second kappa shape index (κ2) is 9.88. The summed E-state index contributed by atoms with van der Waals surface area (Å²) in [5.74, 6) is 1.48. The van der Waals surface area contributed by atoms with Crippen LogP contribution >= 0.6 is 0 Å². The Kier molecular flexibility index (Phi) is 6.99. The quantitative estimate of drug-likeness (QED) is 0.629. The van der Waals surface area contributed by atoms with Crippen molar-refractivity contribution in [1.29, 1.82) is 0 Å². The number of carbonyl (C=O) groups excluding carboxylic acids is 2. The summed E-state index contributed by atoms with van der Waals surface area (Å²) in [7, 11) is 0. The smallest absolute Gasteiger partial charge is 0.243 e. The Morgan fingerprint density at radius 3 is 2.32 bits per heavy atom. The van der Waals surface area contributed by atoms with Crippen LogP contribution in [0, 0.1) is 17.8 Å². The van der Waals surface area contributed by atoms with Gasteiger partial charge in [-0.2, -0.15) is 0 Å². The molecule has 0 aliphatic heterocycles. The number of aromatic amines is 1. The molecule has 1 heterocycles. The van der Waals surface area contributed by atoms with Gasteiger partial charge in [0.2, 0.25) is 11.8 Å². The van der Waals surface area contributed by atoms with Gasteiger partial charge in [-0.15, -0.1) is 0 Å². The molecule has 1 aromatic carbocycles. The molecule has 2 amide bonds. The Morgan fingerprint density at radius 2 is 1.61 bits per heavy atom. The van der Waals surface area contributed by atoms with E-state index in [0.717, 1.165) is 73.8 Å². The summed E-state index contributed by atoms with van der Waals surface area (Å²) in [4.78, 5) is 29.6. The number of nitrogens with one attached hydrogen (secondary N) is 3. The normalized spacial score (nSPS) is 27.5. The number of amides is 2. The highest BCUT2D eigenvalue weighted by Gasteiger charge is 2.30. The maximum atomic E-state index is 13.3. The molecular formula is C26H37N3O2. The van der Waals surface area contributed by atoms with Crippen LogP contribution in [0.3, 0.4) is 0 Å². The molecule has 3 N–H and O–H groups in total. The van der Waals surface area contributed by atoms with Crippen molar-refractivity contribution in [3.8, 4) is 0 Å². The minimum atomic E-state index is -0.537. The molecule has 4 rings (SSSR count). The average molecular weight is 424 g/mol. The number of rotatable bonds is 6. The molecular weight excluding hydrogens is 386 g/mol. The average Bonchev–Trinajstić information content (AvgIpc) is 3.18. The number of para-hydroxylation sites is 1. The zero-order chi connectivity index (χ0) is 21.8. The number of carbonyl (C=O) groups is 2. The fraction of sp³-hybridized carbons (Fsp3) is 0.615. The predicted molar refractivity (Wildman–Crippen MR) is 125 cm³/mol. The molecule has 2 aromatic rings. The van der Waals surface area contributed by atoms with Gasteiger partial charge in [-0.1, -0.05) is 32.0 Å². The SMILES string of the molecule is CC1CCC(NC(=O)C(Cc2c[nH]c3ccccc23)NC(=O)C2CCC(C)CC2)CC1. The Hall–Kier alpha value is -2.30. The van der Waals surface area contributed by atoms with Gasteiger partial charge in [0.15, 0.2) is 0 Å². The first kappa shape index (κ1) is 21.9. The lowest BCUT2D eigenvalue weighted by molar-refractivity contribution is -0.132. The molecule has 0 spiro atoms. The van der Waals surface area contributed by atoms with E-state index in [4.69, 9.17) is 0 Å². The van der Waals surface area contributed by atoms with Gasteiger partial charge in [-0.3, -0.25) is 9.59 Å². The van der Waals surface area contributed by atoms with Gasteiger partial charge in [-0.05, 0) is 74.8 Å². The molecule has 0 radical (unpaired) electrons. The van der Waals surface area contributed by atoms with Crippen LogP contribution in [0.1, 0.15) is 70.8 Å². The van der Waals surface area contributed by atoms with Crippen molar-refractivity contribution in [3.05, 3.63) is 36.0 Å². The minimum absolute atomic E-state index is 0.0324. The Bertz CT molecular complexity index is 889. The summed E-state index contributed by atoms with van der Waals surface area (Å²) < 4.78 is 0. The molecule has 1 atom stereocenters. The van der Waals surface area contributed by atoms with Crippen LogP contribution in [0.15, 0.2) is 30.5 Å². The van der Waals surface area contributed by atoms with E-state index in [1.165, 1.54) is 0 Å². The standard InChI is InChI=1S/C26H37N3O2/c1-17-7-11-19(12-8-17)25(30)29-24(26(31)28-21-13-9-18(2)10-14-21)15-20-16-27-23-6-4-3-5-22(20)23/h3-6,16-19,21,24,27H,7-15H2,1-2H3,(H,28,31)(H,29,30). The number of hydrogen-bond donors (Lipinski definition) is 3. The first-order chi connectivity index (χ1) is 15.0. The lowest BCUT2D eigenvalue weighted by Crippen LogP contribution is -2.52. The van der Waals surface area contributed by atoms with Crippen LogP contribution in [-0.2, 0) is 16.0 Å². The van der Waals surface area contributed by atoms with Crippen LogP contribution in [0.25, 0.3) is 10.9 Å². The summed E-state index contributed by atoms with van der Waals surface area (Å²) >= 11 is 0. The van der Waals surface area contributed by atoms with Crippen molar-refractivity contribution in [2.24, 2.45) is 17.8 Å². The predicted octanol–water partition coefficient (Wildman–Crippen LogP) is 4.72. The van der Waals surface area contributed by atoms with Gasteiger partial charge in [0.1, 0.15) is 6.04 Å². The Morgan fingerprint density at radius 1 is 0.968 bits per heavy atom. The van der Waals surface area contributed by atoms with Gasteiger partial charge >= 0.3 is 0 Å². The van der Waals surface area contributed by atoms with E-state index < -0.39 is 6.04 Å². The van der Waals surface area contributed by atoms with Gasteiger partial charge in [0.25, 0.3) is 0 Å². The van der Waals surface area contributed by atoms with Crippen molar-refractivity contribution in [1.82, 2.24) is 15.6 Å². The molecule has 2 saturated carbocycles. The molecule has 1 aromatic heterocycles. The molecule has 0 saturated heterocycles.